The second kappa shape index (κ2) is 6.09. The van der Waals surface area contributed by atoms with Gasteiger partial charge in [-0.1, -0.05) is 23.4 Å². The summed E-state index contributed by atoms with van der Waals surface area (Å²) in [6.07, 6.45) is 0. The van der Waals surface area contributed by atoms with Gasteiger partial charge in [0.25, 0.3) is 5.91 Å². The summed E-state index contributed by atoms with van der Waals surface area (Å²) in [6, 6.07) is 11.7. The summed E-state index contributed by atoms with van der Waals surface area (Å²) in [5.74, 6) is -0.210. The largest absolute Gasteiger partial charge is 0.508 e. The van der Waals surface area contributed by atoms with Crippen LogP contribution in [0.4, 0.5) is 5.69 Å². The van der Waals surface area contributed by atoms with Gasteiger partial charge in [-0.2, -0.15) is 0 Å². The van der Waals surface area contributed by atoms with Crippen molar-refractivity contribution in [1.82, 2.24) is 0 Å². The summed E-state index contributed by atoms with van der Waals surface area (Å²) in [5.41, 5.74) is 2.99. The number of nitrogens with zero attached hydrogens (tertiary/aromatic N) is 1. The van der Waals surface area contributed by atoms with Crippen molar-refractivity contribution in [3.63, 3.8) is 0 Å². The molecule has 21 heavy (non-hydrogen) atoms. The average molecular weight is 284 g/mol. The van der Waals surface area contributed by atoms with Gasteiger partial charge in [0, 0.05) is 11.3 Å². The zero-order chi connectivity index (χ0) is 15.4. The van der Waals surface area contributed by atoms with Gasteiger partial charge in [-0.15, -0.1) is 0 Å². The lowest BCUT2D eigenvalue weighted by Gasteiger charge is -2.07. The van der Waals surface area contributed by atoms with Gasteiger partial charge in [-0.05, 0) is 49.2 Å². The number of anilines is 1. The van der Waals surface area contributed by atoms with Crippen LogP contribution in [0.15, 0.2) is 47.6 Å². The normalized spacial score (nSPS) is 11.2. The first-order chi connectivity index (χ1) is 10.0. The summed E-state index contributed by atoms with van der Waals surface area (Å²) in [5, 5.41) is 24.2. The Bertz CT molecular complexity index is 691. The molecule has 0 aliphatic carbocycles. The van der Waals surface area contributed by atoms with Crippen molar-refractivity contribution < 1.29 is 15.1 Å². The maximum Gasteiger partial charge on any atom is 0.255 e. The summed E-state index contributed by atoms with van der Waals surface area (Å²) < 4.78 is 0. The summed E-state index contributed by atoms with van der Waals surface area (Å²) in [7, 11) is 0. The molecular weight excluding hydrogens is 268 g/mol. The van der Waals surface area contributed by atoms with Gasteiger partial charge in [0.05, 0.1) is 5.71 Å². The zero-order valence-electron chi connectivity index (χ0n) is 11.8. The van der Waals surface area contributed by atoms with Gasteiger partial charge in [0.1, 0.15) is 5.75 Å². The SMILES string of the molecule is C/C(=N\O)c1ccc(NC(=O)c2ccc(C)c(O)c2)cc1. The number of carbonyl (C=O) groups excluding carboxylic acids is 1. The van der Waals surface area contributed by atoms with Crippen LogP contribution < -0.4 is 5.32 Å². The highest BCUT2D eigenvalue weighted by Gasteiger charge is 2.08. The van der Waals surface area contributed by atoms with Crippen molar-refractivity contribution in [2.45, 2.75) is 13.8 Å². The molecule has 0 saturated carbocycles. The molecule has 0 fully saturated rings. The second-order valence-corrected chi connectivity index (χ2v) is 4.72. The van der Waals surface area contributed by atoms with Crippen molar-refractivity contribution in [2.75, 3.05) is 5.32 Å². The standard InChI is InChI=1S/C16H16N2O3/c1-10-3-4-13(9-15(10)19)16(20)17-14-7-5-12(6-8-14)11(2)18-21/h3-9,19,21H,1-2H3,(H,17,20)/b18-11+. The number of hydrogen-bond acceptors (Lipinski definition) is 4. The lowest BCUT2D eigenvalue weighted by Crippen LogP contribution is -2.12. The van der Waals surface area contributed by atoms with Crippen molar-refractivity contribution >= 4 is 17.3 Å². The summed E-state index contributed by atoms with van der Waals surface area (Å²) in [4.78, 5) is 12.1. The van der Waals surface area contributed by atoms with Crippen molar-refractivity contribution in [3.05, 3.63) is 59.2 Å². The molecule has 0 spiro atoms. The van der Waals surface area contributed by atoms with Crippen LogP contribution in [0.3, 0.4) is 0 Å². The minimum atomic E-state index is -0.300. The molecule has 0 bridgehead atoms. The molecule has 108 valence electrons. The quantitative estimate of drug-likeness (QED) is 0.460. The number of carbonyl (C=O) groups is 1. The van der Waals surface area contributed by atoms with Crippen molar-refractivity contribution in [1.29, 1.82) is 0 Å². The number of phenolic OH excluding ortho intramolecular Hbond substituents is 1. The Morgan fingerprint density at radius 1 is 1.10 bits per heavy atom. The fourth-order valence-electron chi connectivity index (χ4n) is 1.81. The monoisotopic (exact) mass is 284 g/mol. The van der Waals surface area contributed by atoms with Gasteiger partial charge in [0.15, 0.2) is 0 Å². The van der Waals surface area contributed by atoms with Crippen molar-refractivity contribution in [3.8, 4) is 5.75 Å². The first kappa shape index (κ1) is 14.6. The molecule has 2 aromatic rings. The minimum absolute atomic E-state index is 0.0905. The number of amides is 1. The molecule has 1 amide bonds. The van der Waals surface area contributed by atoms with Gasteiger partial charge in [-0.3, -0.25) is 4.79 Å². The van der Waals surface area contributed by atoms with E-state index in [0.717, 1.165) is 11.1 Å². The molecule has 0 saturated heterocycles. The predicted molar refractivity (Wildman–Crippen MR) is 81.2 cm³/mol. The molecule has 2 aromatic carbocycles. The Morgan fingerprint density at radius 3 is 2.29 bits per heavy atom. The molecule has 2 rings (SSSR count). The fourth-order valence-corrected chi connectivity index (χ4v) is 1.81. The average Bonchev–Trinajstić information content (AvgIpc) is 2.50. The van der Waals surface area contributed by atoms with Crippen LogP contribution >= 0.6 is 0 Å². The van der Waals surface area contributed by atoms with Crippen LogP contribution in [0.25, 0.3) is 0 Å². The minimum Gasteiger partial charge on any atom is -0.508 e. The number of oxime groups is 1. The number of nitrogens with one attached hydrogen (secondary N) is 1. The fraction of sp³-hybridized carbons (Fsp3) is 0.125. The lowest BCUT2D eigenvalue weighted by molar-refractivity contribution is 0.102. The molecule has 0 aliphatic heterocycles. The number of rotatable bonds is 3. The third kappa shape index (κ3) is 3.39. The first-order valence-electron chi connectivity index (χ1n) is 6.41. The Kier molecular flexibility index (Phi) is 4.23. The zero-order valence-corrected chi connectivity index (χ0v) is 11.8. The van der Waals surface area contributed by atoms with E-state index >= 15 is 0 Å². The molecule has 5 nitrogen and oxygen atoms in total. The van der Waals surface area contributed by atoms with E-state index in [1.54, 1.807) is 50.2 Å². The van der Waals surface area contributed by atoms with Crippen LogP contribution in [-0.2, 0) is 0 Å². The topological polar surface area (TPSA) is 81.9 Å². The third-order valence-corrected chi connectivity index (χ3v) is 3.18. The summed E-state index contributed by atoms with van der Waals surface area (Å²) in [6.45, 7) is 3.45. The molecule has 0 atom stereocenters. The number of aryl methyl sites for hydroxylation is 1. The maximum atomic E-state index is 12.1. The van der Waals surface area contributed by atoms with E-state index in [-0.39, 0.29) is 11.7 Å². The van der Waals surface area contributed by atoms with Crippen LogP contribution in [0.5, 0.6) is 5.75 Å². The Balaban J connectivity index is 2.14. The third-order valence-electron chi connectivity index (χ3n) is 3.18. The first-order valence-corrected chi connectivity index (χ1v) is 6.41. The predicted octanol–water partition coefficient (Wildman–Crippen LogP) is 3.15. The molecule has 0 radical (unpaired) electrons. The molecule has 5 heteroatoms. The lowest BCUT2D eigenvalue weighted by atomic mass is 10.1. The highest BCUT2D eigenvalue weighted by molar-refractivity contribution is 6.05. The highest BCUT2D eigenvalue weighted by Crippen LogP contribution is 2.19. The van der Waals surface area contributed by atoms with Gasteiger partial charge < -0.3 is 15.6 Å². The van der Waals surface area contributed by atoms with Gasteiger partial charge >= 0.3 is 0 Å². The Hall–Kier alpha value is -2.82. The van der Waals surface area contributed by atoms with E-state index < -0.39 is 0 Å². The smallest absolute Gasteiger partial charge is 0.255 e. The van der Waals surface area contributed by atoms with E-state index in [1.165, 1.54) is 6.07 Å². The van der Waals surface area contributed by atoms with Crippen LogP contribution in [0, 0.1) is 6.92 Å². The highest BCUT2D eigenvalue weighted by atomic mass is 16.4. The molecule has 0 aromatic heterocycles. The van der Waals surface area contributed by atoms with E-state index in [0.29, 0.717) is 17.0 Å². The summed E-state index contributed by atoms with van der Waals surface area (Å²) >= 11 is 0. The molecule has 0 unspecified atom stereocenters. The number of hydrogen-bond donors (Lipinski definition) is 3. The molecule has 0 heterocycles. The molecule has 0 aliphatic rings. The second-order valence-electron chi connectivity index (χ2n) is 4.72. The number of phenols is 1. The van der Waals surface area contributed by atoms with Crippen LogP contribution in [0.2, 0.25) is 0 Å². The Morgan fingerprint density at radius 2 is 1.71 bits per heavy atom. The van der Waals surface area contributed by atoms with E-state index in [9.17, 15) is 9.90 Å². The van der Waals surface area contributed by atoms with E-state index in [2.05, 4.69) is 10.5 Å². The van der Waals surface area contributed by atoms with Gasteiger partial charge in [0.2, 0.25) is 0 Å². The number of aromatic hydroxyl groups is 1. The van der Waals surface area contributed by atoms with Gasteiger partial charge in [-0.25, -0.2) is 0 Å². The van der Waals surface area contributed by atoms with E-state index in [1.807, 2.05) is 0 Å². The van der Waals surface area contributed by atoms with Crippen LogP contribution in [-0.4, -0.2) is 21.9 Å². The maximum absolute atomic E-state index is 12.1. The number of benzene rings is 2. The molecule has 3 N–H and O–H groups in total. The van der Waals surface area contributed by atoms with Crippen LogP contribution in [0.1, 0.15) is 28.4 Å². The van der Waals surface area contributed by atoms with E-state index in [4.69, 9.17) is 5.21 Å². The Labute approximate surface area is 122 Å². The van der Waals surface area contributed by atoms with Crippen molar-refractivity contribution in [2.24, 2.45) is 5.16 Å². The molecular formula is C16H16N2O3.